The first kappa shape index (κ1) is 20.8. The molecule has 2 atom stereocenters. The number of hydrogen-bond donors (Lipinski definition) is 2. The van der Waals surface area contributed by atoms with Gasteiger partial charge in [-0.1, -0.05) is 37.3 Å². The molecule has 2 heterocycles. The van der Waals surface area contributed by atoms with Crippen LogP contribution >= 0.6 is 0 Å². The molecule has 0 aliphatic carbocycles. The highest BCUT2D eigenvalue weighted by Gasteiger charge is 2.38. The number of ether oxygens (including phenoxy) is 1. The molecule has 7 nitrogen and oxygen atoms in total. The van der Waals surface area contributed by atoms with E-state index >= 15 is 0 Å². The minimum atomic E-state index is -0.945. The van der Waals surface area contributed by atoms with E-state index in [1.807, 2.05) is 35.2 Å². The van der Waals surface area contributed by atoms with E-state index in [-0.39, 0.29) is 36.9 Å². The van der Waals surface area contributed by atoms with Crippen LogP contribution in [-0.2, 0) is 14.3 Å². The van der Waals surface area contributed by atoms with Gasteiger partial charge in [0.05, 0.1) is 25.2 Å². The Kier molecular flexibility index (Phi) is 6.69. The number of hydrogen-bond acceptors (Lipinski definition) is 5. The monoisotopic (exact) mass is 389 g/mol. The molecule has 1 unspecified atom stereocenters. The molecule has 0 radical (unpaired) electrons. The second-order valence-electron chi connectivity index (χ2n) is 8.00. The van der Waals surface area contributed by atoms with Gasteiger partial charge in [0.15, 0.2) is 0 Å². The lowest BCUT2D eigenvalue weighted by atomic mass is 9.89. The van der Waals surface area contributed by atoms with Crippen LogP contribution in [0.15, 0.2) is 30.3 Å². The fourth-order valence-electron chi connectivity index (χ4n) is 3.95. The van der Waals surface area contributed by atoms with Crippen molar-refractivity contribution in [3.8, 4) is 0 Å². The van der Waals surface area contributed by atoms with E-state index in [0.29, 0.717) is 39.0 Å². The number of carbonyl (C=O) groups excluding carboxylic acids is 2. The van der Waals surface area contributed by atoms with Crippen LogP contribution in [0.1, 0.15) is 44.1 Å². The molecule has 1 aromatic carbocycles. The van der Waals surface area contributed by atoms with Gasteiger partial charge in [0.2, 0.25) is 11.8 Å². The Labute approximate surface area is 166 Å². The van der Waals surface area contributed by atoms with Crippen LogP contribution in [0.5, 0.6) is 0 Å². The highest BCUT2D eigenvalue weighted by molar-refractivity contribution is 5.78. The zero-order chi connectivity index (χ0) is 20.1. The molecule has 2 fully saturated rings. The molecule has 1 aromatic rings. The van der Waals surface area contributed by atoms with Gasteiger partial charge in [-0.05, 0) is 24.3 Å². The Balaban J connectivity index is 1.48. The van der Waals surface area contributed by atoms with Gasteiger partial charge in [0, 0.05) is 26.6 Å². The Morgan fingerprint density at radius 2 is 2.00 bits per heavy atom. The summed E-state index contributed by atoms with van der Waals surface area (Å²) in [5.74, 6) is 0.270. The molecule has 2 saturated heterocycles. The fourth-order valence-corrected chi connectivity index (χ4v) is 3.95. The van der Waals surface area contributed by atoms with Gasteiger partial charge in [0.25, 0.3) is 0 Å². The van der Waals surface area contributed by atoms with Gasteiger partial charge in [0.1, 0.15) is 6.23 Å². The zero-order valence-corrected chi connectivity index (χ0v) is 16.8. The van der Waals surface area contributed by atoms with E-state index in [1.165, 1.54) is 0 Å². The number of benzene rings is 1. The van der Waals surface area contributed by atoms with E-state index < -0.39 is 5.60 Å². The van der Waals surface area contributed by atoms with E-state index in [2.05, 4.69) is 12.2 Å². The van der Waals surface area contributed by atoms with Crippen molar-refractivity contribution in [2.24, 2.45) is 0 Å². The third kappa shape index (κ3) is 5.10. The number of likely N-dealkylation sites (tertiary alicyclic amines) is 1. The molecule has 2 aliphatic rings. The molecule has 2 amide bonds. The summed E-state index contributed by atoms with van der Waals surface area (Å²) in [4.78, 5) is 28.4. The van der Waals surface area contributed by atoms with Crippen molar-refractivity contribution in [3.63, 3.8) is 0 Å². The van der Waals surface area contributed by atoms with Gasteiger partial charge in [-0.15, -0.1) is 0 Å². The Morgan fingerprint density at radius 1 is 1.32 bits per heavy atom. The van der Waals surface area contributed by atoms with Gasteiger partial charge < -0.3 is 19.6 Å². The second-order valence-corrected chi connectivity index (χ2v) is 8.00. The zero-order valence-electron chi connectivity index (χ0n) is 16.8. The van der Waals surface area contributed by atoms with E-state index in [1.54, 1.807) is 12.0 Å². The van der Waals surface area contributed by atoms with Crippen LogP contribution in [-0.4, -0.2) is 72.0 Å². The SMILES string of the molecule is COC1CC(=O)N(CC2(O)CCN(C(=O)C[C@@H](C)c3ccccc3)CC2)CN1. The van der Waals surface area contributed by atoms with Crippen LogP contribution in [0.4, 0.5) is 0 Å². The number of nitrogens with zero attached hydrogens (tertiary/aromatic N) is 2. The van der Waals surface area contributed by atoms with Crippen LogP contribution in [0.3, 0.4) is 0 Å². The third-order valence-electron chi connectivity index (χ3n) is 5.89. The van der Waals surface area contributed by atoms with Gasteiger partial charge in [-0.3, -0.25) is 14.9 Å². The molecular weight excluding hydrogens is 358 g/mol. The smallest absolute Gasteiger partial charge is 0.227 e. The molecule has 3 rings (SSSR count). The van der Waals surface area contributed by atoms with E-state index in [4.69, 9.17) is 4.74 Å². The van der Waals surface area contributed by atoms with Crippen molar-refractivity contribution in [3.05, 3.63) is 35.9 Å². The number of rotatable bonds is 6. The quantitative estimate of drug-likeness (QED) is 0.766. The molecule has 0 bridgehead atoms. The molecule has 2 N–H and O–H groups in total. The topological polar surface area (TPSA) is 82.1 Å². The molecular formula is C21H31N3O4. The molecule has 7 heteroatoms. The lowest BCUT2D eigenvalue weighted by molar-refractivity contribution is -0.148. The molecule has 0 spiro atoms. The predicted molar refractivity (Wildman–Crippen MR) is 105 cm³/mol. The molecule has 154 valence electrons. The number of carbonyl (C=O) groups is 2. The summed E-state index contributed by atoms with van der Waals surface area (Å²) < 4.78 is 5.16. The average Bonchev–Trinajstić information content (AvgIpc) is 2.70. The van der Waals surface area contributed by atoms with Crippen molar-refractivity contribution in [1.82, 2.24) is 15.1 Å². The van der Waals surface area contributed by atoms with Crippen molar-refractivity contribution >= 4 is 11.8 Å². The summed E-state index contributed by atoms with van der Waals surface area (Å²) in [6.07, 6.45) is 1.44. The largest absolute Gasteiger partial charge is 0.388 e. The van der Waals surface area contributed by atoms with Gasteiger partial charge in [-0.25, -0.2) is 0 Å². The lowest BCUT2D eigenvalue weighted by Gasteiger charge is -2.42. The summed E-state index contributed by atoms with van der Waals surface area (Å²) in [5, 5.41) is 14.1. The highest BCUT2D eigenvalue weighted by atomic mass is 16.5. The van der Waals surface area contributed by atoms with Crippen molar-refractivity contribution in [1.29, 1.82) is 0 Å². The maximum atomic E-state index is 12.7. The number of β-amino-alcohol motifs (C(OH)–C–C–N with tert-alkyl or cyclic N) is 1. The summed E-state index contributed by atoms with van der Waals surface area (Å²) in [7, 11) is 1.57. The van der Waals surface area contributed by atoms with Gasteiger partial charge >= 0.3 is 0 Å². The number of amides is 2. The minimum Gasteiger partial charge on any atom is -0.388 e. The van der Waals surface area contributed by atoms with Crippen LogP contribution in [0.2, 0.25) is 0 Å². The van der Waals surface area contributed by atoms with E-state index in [0.717, 1.165) is 5.56 Å². The number of methoxy groups -OCH3 is 1. The van der Waals surface area contributed by atoms with Crippen LogP contribution < -0.4 is 5.32 Å². The first-order valence-corrected chi connectivity index (χ1v) is 9.99. The highest BCUT2D eigenvalue weighted by Crippen LogP contribution is 2.26. The standard InChI is InChI=1S/C21H31N3O4/c1-16(17-6-4-3-5-7-17)12-19(25)23-10-8-21(27,9-11-23)14-24-15-22-18(28-2)13-20(24)26/h3-7,16,18,22,27H,8-15H2,1-2H3/t16-,18?/m1/s1. The van der Waals surface area contributed by atoms with Crippen molar-refractivity contribution in [2.45, 2.75) is 50.4 Å². The molecule has 28 heavy (non-hydrogen) atoms. The van der Waals surface area contributed by atoms with Crippen molar-refractivity contribution < 1.29 is 19.4 Å². The summed E-state index contributed by atoms with van der Waals surface area (Å²) in [6.45, 7) is 3.77. The molecule has 0 saturated carbocycles. The van der Waals surface area contributed by atoms with Crippen LogP contribution in [0.25, 0.3) is 0 Å². The maximum absolute atomic E-state index is 12.7. The van der Waals surface area contributed by atoms with E-state index in [9.17, 15) is 14.7 Å². The Hall–Kier alpha value is -1.96. The third-order valence-corrected chi connectivity index (χ3v) is 5.89. The summed E-state index contributed by atoms with van der Waals surface area (Å²) >= 11 is 0. The molecule has 2 aliphatic heterocycles. The summed E-state index contributed by atoms with van der Waals surface area (Å²) in [6, 6.07) is 10.0. The first-order valence-electron chi connectivity index (χ1n) is 9.99. The number of nitrogens with one attached hydrogen (secondary N) is 1. The number of piperidine rings is 1. The summed E-state index contributed by atoms with van der Waals surface area (Å²) in [5.41, 5.74) is 0.217. The van der Waals surface area contributed by atoms with Gasteiger partial charge in [-0.2, -0.15) is 0 Å². The second kappa shape index (κ2) is 9.03. The first-order chi connectivity index (χ1) is 13.4. The molecule has 0 aromatic heterocycles. The lowest BCUT2D eigenvalue weighted by Crippen LogP contribution is -2.58. The Bertz CT molecular complexity index is 673. The average molecular weight is 389 g/mol. The number of aliphatic hydroxyl groups is 1. The minimum absolute atomic E-state index is 0.0192. The predicted octanol–water partition coefficient (Wildman–Crippen LogP) is 1.29. The fraction of sp³-hybridized carbons (Fsp3) is 0.619. The normalized spacial score (nSPS) is 23.5. The van der Waals surface area contributed by atoms with Crippen LogP contribution in [0, 0.1) is 0 Å². The Morgan fingerprint density at radius 3 is 2.61 bits per heavy atom. The maximum Gasteiger partial charge on any atom is 0.227 e. The van der Waals surface area contributed by atoms with Crippen molar-refractivity contribution in [2.75, 3.05) is 33.4 Å².